The van der Waals surface area contributed by atoms with Crippen molar-refractivity contribution in [2.75, 3.05) is 32.4 Å². The van der Waals surface area contributed by atoms with E-state index in [1.165, 1.54) is 12.1 Å². The summed E-state index contributed by atoms with van der Waals surface area (Å²) in [6.07, 6.45) is 1.03. The van der Waals surface area contributed by atoms with Crippen LogP contribution in [0.25, 0.3) is 0 Å². The number of carbonyl (C=O) groups excluding carboxylic acids is 1. The third-order valence-corrected chi connectivity index (χ3v) is 4.49. The number of nitrogens with zero attached hydrogens (tertiary/aromatic N) is 1. The number of benzene rings is 1. The maximum absolute atomic E-state index is 12.7. The van der Waals surface area contributed by atoms with Gasteiger partial charge in [-0.2, -0.15) is 0 Å². The number of ether oxygens (including phenoxy) is 1. The predicted molar refractivity (Wildman–Crippen MR) is 91.3 cm³/mol. The molecule has 1 aliphatic rings. The van der Waals surface area contributed by atoms with E-state index in [1.807, 2.05) is 13.8 Å². The van der Waals surface area contributed by atoms with Crippen LogP contribution in [0.15, 0.2) is 23.1 Å². The molecule has 8 heteroatoms. The normalized spacial score (nSPS) is 15.2. The molecule has 1 heterocycles. The summed E-state index contributed by atoms with van der Waals surface area (Å²) >= 11 is 0. The van der Waals surface area contributed by atoms with E-state index in [0.29, 0.717) is 24.4 Å². The van der Waals surface area contributed by atoms with Crippen LogP contribution >= 0.6 is 12.4 Å². The monoisotopic (exact) mass is 362 g/mol. The van der Waals surface area contributed by atoms with E-state index in [-0.39, 0.29) is 29.3 Å². The van der Waals surface area contributed by atoms with Crippen LogP contribution in [-0.4, -0.2) is 57.8 Å². The van der Waals surface area contributed by atoms with Crippen LogP contribution in [0.4, 0.5) is 0 Å². The highest BCUT2D eigenvalue weighted by molar-refractivity contribution is 7.90. The largest absolute Gasteiger partial charge is 0.490 e. The van der Waals surface area contributed by atoms with Gasteiger partial charge < -0.3 is 15.0 Å². The van der Waals surface area contributed by atoms with Gasteiger partial charge in [0.05, 0.1) is 16.6 Å². The number of piperazine rings is 1. The molecule has 1 N–H and O–H groups in total. The standard InChI is InChI=1S/C15H22N2O4S.ClH/c1-11(2)21-14-5-4-12(22(3,19)20)10-13(14)15(18)17-8-6-16-7-9-17;/h4-5,10-11,16H,6-9H2,1-3H3;1H. The molecule has 1 amide bonds. The fraction of sp³-hybridized carbons (Fsp3) is 0.533. The smallest absolute Gasteiger partial charge is 0.257 e. The van der Waals surface area contributed by atoms with Gasteiger partial charge in [0, 0.05) is 32.4 Å². The minimum Gasteiger partial charge on any atom is -0.490 e. The third kappa shape index (κ3) is 5.09. The molecule has 1 aromatic carbocycles. The van der Waals surface area contributed by atoms with Gasteiger partial charge >= 0.3 is 0 Å². The van der Waals surface area contributed by atoms with Crippen molar-refractivity contribution in [3.05, 3.63) is 23.8 Å². The number of rotatable bonds is 4. The highest BCUT2D eigenvalue weighted by Gasteiger charge is 2.23. The van der Waals surface area contributed by atoms with Crippen molar-refractivity contribution in [1.29, 1.82) is 0 Å². The van der Waals surface area contributed by atoms with Crippen LogP contribution < -0.4 is 10.1 Å². The fourth-order valence-corrected chi connectivity index (χ4v) is 2.95. The Labute approximate surface area is 143 Å². The summed E-state index contributed by atoms with van der Waals surface area (Å²) in [6, 6.07) is 4.45. The molecule has 1 aliphatic heterocycles. The Kier molecular flexibility index (Phi) is 6.85. The Morgan fingerprint density at radius 1 is 1.26 bits per heavy atom. The summed E-state index contributed by atoms with van der Waals surface area (Å²) in [6.45, 7) is 6.40. The summed E-state index contributed by atoms with van der Waals surface area (Å²) in [5, 5.41) is 3.18. The topological polar surface area (TPSA) is 75.7 Å². The van der Waals surface area contributed by atoms with E-state index in [0.717, 1.165) is 19.3 Å². The first-order chi connectivity index (χ1) is 10.3. The Hall–Kier alpha value is -1.31. The zero-order valence-electron chi connectivity index (χ0n) is 13.5. The molecule has 0 atom stereocenters. The molecule has 2 rings (SSSR count). The van der Waals surface area contributed by atoms with Crippen molar-refractivity contribution in [1.82, 2.24) is 10.2 Å². The molecular weight excluding hydrogens is 340 g/mol. The molecule has 0 radical (unpaired) electrons. The molecule has 0 spiro atoms. The lowest BCUT2D eigenvalue weighted by Gasteiger charge is -2.28. The van der Waals surface area contributed by atoms with Gasteiger partial charge in [-0.1, -0.05) is 0 Å². The minimum absolute atomic E-state index is 0. The zero-order valence-corrected chi connectivity index (χ0v) is 15.2. The summed E-state index contributed by atoms with van der Waals surface area (Å²) in [5.41, 5.74) is 0.304. The van der Waals surface area contributed by atoms with Gasteiger partial charge in [0.25, 0.3) is 5.91 Å². The van der Waals surface area contributed by atoms with E-state index in [4.69, 9.17) is 4.74 Å². The van der Waals surface area contributed by atoms with E-state index < -0.39 is 9.84 Å². The van der Waals surface area contributed by atoms with Gasteiger partial charge in [0.2, 0.25) is 0 Å². The predicted octanol–water partition coefficient (Wildman–Crippen LogP) is 1.34. The number of nitrogens with one attached hydrogen (secondary N) is 1. The van der Waals surface area contributed by atoms with Crippen LogP contribution in [0.2, 0.25) is 0 Å². The van der Waals surface area contributed by atoms with Crippen LogP contribution in [0, 0.1) is 0 Å². The third-order valence-electron chi connectivity index (χ3n) is 3.38. The average Bonchev–Trinajstić information content (AvgIpc) is 2.46. The highest BCUT2D eigenvalue weighted by Crippen LogP contribution is 2.25. The molecule has 1 saturated heterocycles. The van der Waals surface area contributed by atoms with Gasteiger partial charge in [-0.15, -0.1) is 12.4 Å². The van der Waals surface area contributed by atoms with Crippen LogP contribution in [0.3, 0.4) is 0 Å². The summed E-state index contributed by atoms with van der Waals surface area (Å²) in [7, 11) is -3.37. The SMILES string of the molecule is CC(C)Oc1ccc(S(C)(=O)=O)cc1C(=O)N1CCNCC1.Cl. The molecule has 0 aromatic heterocycles. The first-order valence-electron chi connectivity index (χ1n) is 7.30. The molecule has 1 fully saturated rings. The molecule has 6 nitrogen and oxygen atoms in total. The molecular formula is C15H23ClN2O4S. The quantitative estimate of drug-likeness (QED) is 0.874. The van der Waals surface area contributed by atoms with Crippen LogP contribution in [-0.2, 0) is 9.84 Å². The lowest BCUT2D eigenvalue weighted by atomic mass is 10.1. The van der Waals surface area contributed by atoms with E-state index in [1.54, 1.807) is 11.0 Å². The highest BCUT2D eigenvalue weighted by atomic mass is 35.5. The fourth-order valence-electron chi connectivity index (χ4n) is 2.30. The van der Waals surface area contributed by atoms with Gasteiger partial charge in [-0.3, -0.25) is 4.79 Å². The van der Waals surface area contributed by atoms with Gasteiger partial charge in [0.15, 0.2) is 9.84 Å². The number of halogens is 1. The lowest BCUT2D eigenvalue weighted by molar-refractivity contribution is 0.0729. The summed E-state index contributed by atoms with van der Waals surface area (Å²) < 4.78 is 29.2. The summed E-state index contributed by atoms with van der Waals surface area (Å²) in [4.78, 5) is 14.5. The number of sulfone groups is 1. The van der Waals surface area contributed by atoms with E-state index >= 15 is 0 Å². The second kappa shape index (κ2) is 7.99. The van der Waals surface area contributed by atoms with Gasteiger partial charge in [-0.05, 0) is 32.0 Å². The first-order valence-corrected chi connectivity index (χ1v) is 9.19. The number of hydrogen-bond donors (Lipinski definition) is 1. The average molecular weight is 363 g/mol. The Bertz CT molecular complexity index is 655. The Balaban J connectivity index is 0.00000264. The number of hydrogen-bond acceptors (Lipinski definition) is 5. The van der Waals surface area contributed by atoms with Crippen molar-refractivity contribution in [2.45, 2.75) is 24.8 Å². The molecule has 0 unspecified atom stereocenters. The summed E-state index contributed by atoms with van der Waals surface area (Å²) in [5.74, 6) is 0.230. The van der Waals surface area contributed by atoms with Crippen molar-refractivity contribution >= 4 is 28.2 Å². The molecule has 0 bridgehead atoms. The van der Waals surface area contributed by atoms with Crippen molar-refractivity contribution < 1.29 is 17.9 Å². The van der Waals surface area contributed by atoms with Crippen LogP contribution in [0.1, 0.15) is 24.2 Å². The molecule has 0 saturated carbocycles. The van der Waals surface area contributed by atoms with Crippen molar-refractivity contribution in [2.24, 2.45) is 0 Å². The maximum Gasteiger partial charge on any atom is 0.257 e. The second-order valence-corrected chi connectivity index (χ2v) is 7.65. The van der Waals surface area contributed by atoms with E-state index in [2.05, 4.69) is 5.32 Å². The minimum atomic E-state index is -3.37. The van der Waals surface area contributed by atoms with Crippen molar-refractivity contribution in [3.8, 4) is 5.75 Å². The number of amides is 1. The number of carbonyl (C=O) groups is 1. The Morgan fingerprint density at radius 2 is 1.87 bits per heavy atom. The van der Waals surface area contributed by atoms with Gasteiger partial charge in [-0.25, -0.2) is 8.42 Å². The maximum atomic E-state index is 12.7. The molecule has 1 aromatic rings. The van der Waals surface area contributed by atoms with Crippen molar-refractivity contribution in [3.63, 3.8) is 0 Å². The van der Waals surface area contributed by atoms with E-state index in [9.17, 15) is 13.2 Å². The molecule has 130 valence electrons. The lowest BCUT2D eigenvalue weighted by Crippen LogP contribution is -2.46. The zero-order chi connectivity index (χ0) is 16.3. The van der Waals surface area contributed by atoms with Gasteiger partial charge in [0.1, 0.15) is 5.75 Å². The second-order valence-electron chi connectivity index (χ2n) is 5.64. The Morgan fingerprint density at radius 3 is 2.39 bits per heavy atom. The first kappa shape index (κ1) is 19.7. The molecule has 23 heavy (non-hydrogen) atoms. The van der Waals surface area contributed by atoms with Crippen LogP contribution in [0.5, 0.6) is 5.75 Å². The molecule has 0 aliphatic carbocycles.